The largest absolute Gasteiger partial charge is 0.378 e. The number of hydrogen-bond donors (Lipinski definition) is 1. The number of sulfonamides is 1. The van der Waals surface area contributed by atoms with Crippen LogP contribution in [0.1, 0.15) is 47.0 Å². The molecule has 0 atom stereocenters. The van der Waals surface area contributed by atoms with Crippen LogP contribution in [-0.4, -0.2) is 106 Å². The van der Waals surface area contributed by atoms with E-state index >= 15 is 0 Å². The van der Waals surface area contributed by atoms with Crippen molar-refractivity contribution in [1.29, 1.82) is 0 Å². The molecule has 0 aromatic heterocycles. The van der Waals surface area contributed by atoms with E-state index in [9.17, 15) is 8.42 Å². The Hall–Kier alpha value is -0.170. The van der Waals surface area contributed by atoms with Gasteiger partial charge in [0.2, 0.25) is 10.0 Å². The summed E-state index contributed by atoms with van der Waals surface area (Å²) >= 11 is 0. The number of hydrogen-bond acceptors (Lipinski definition) is 5. The molecule has 0 unspecified atom stereocenters. The summed E-state index contributed by atoms with van der Waals surface area (Å²) in [6.07, 6.45) is 3.70. The molecule has 0 aliphatic carbocycles. The molecule has 2 rings (SSSR count). The Kier molecular flexibility index (Phi) is 13.8. The average molecular weight is 574 g/mol. The van der Waals surface area contributed by atoms with Gasteiger partial charge in [0.15, 0.2) is 5.96 Å². The van der Waals surface area contributed by atoms with Gasteiger partial charge in [-0.05, 0) is 65.6 Å². The number of halogens is 1. The zero-order valence-electron chi connectivity index (χ0n) is 19.9. The monoisotopic (exact) mass is 573 g/mol. The quantitative estimate of drug-likeness (QED) is 0.245. The van der Waals surface area contributed by atoms with Crippen molar-refractivity contribution < 1.29 is 13.2 Å². The number of ether oxygens (including phenoxy) is 1. The fourth-order valence-corrected chi connectivity index (χ4v) is 5.33. The van der Waals surface area contributed by atoms with Crippen molar-refractivity contribution in [2.45, 2.75) is 53.1 Å². The smallest absolute Gasteiger partial charge is 0.216 e. The highest BCUT2D eigenvalue weighted by Gasteiger charge is 2.28. The van der Waals surface area contributed by atoms with E-state index in [1.807, 2.05) is 13.8 Å². The first-order chi connectivity index (χ1) is 14.4. The number of rotatable bonds is 10. The Morgan fingerprint density at radius 2 is 1.74 bits per heavy atom. The van der Waals surface area contributed by atoms with E-state index in [0.717, 1.165) is 19.0 Å². The molecule has 0 bridgehead atoms. The minimum Gasteiger partial charge on any atom is -0.378 e. The van der Waals surface area contributed by atoms with E-state index in [1.165, 1.54) is 38.9 Å². The van der Waals surface area contributed by atoms with Crippen molar-refractivity contribution in [3.05, 3.63) is 0 Å². The molecule has 0 spiro atoms. The van der Waals surface area contributed by atoms with Crippen LogP contribution >= 0.6 is 24.0 Å². The summed E-state index contributed by atoms with van der Waals surface area (Å²) in [6, 6.07) is 0. The molecule has 2 fully saturated rings. The van der Waals surface area contributed by atoms with E-state index in [2.05, 4.69) is 29.0 Å². The summed E-state index contributed by atoms with van der Waals surface area (Å²) in [7, 11) is -3.26. The van der Waals surface area contributed by atoms with Gasteiger partial charge in [-0.25, -0.2) is 8.42 Å². The van der Waals surface area contributed by atoms with Gasteiger partial charge in [0.25, 0.3) is 0 Å². The van der Waals surface area contributed by atoms with E-state index in [-0.39, 0.29) is 42.4 Å². The number of piperazine rings is 1. The van der Waals surface area contributed by atoms with E-state index < -0.39 is 10.0 Å². The lowest BCUT2D eigenvalue weighted by atomic mass is 9.97. The summed E-state index contributed by atoms with van der Waals surface area (Å²) in [4.78, 5) is 9.67. The van der Waals surface area contributed by atoms with Crippen LogP contribution in [0, 0.1) is 5.92 Å². The summed E-state index contributed by atoms with van der Waals surface area (Å²) in [5.41, 5.74) is 0. The number of nitrogens with zero attached hydrogens (tertiary/aromatic N) is 4. The molecule has 184 valence electrons. The van der Waals surface area contributed by atoms with Crippen LogP contribution in [0.15, 0.2) is 4.99 Å². The third kappa shape index (κ3) is 10.1. The number of guanidine groups is 1. The van der Waals surface area contributed by atoms with Crippen LogP contribution in [0.3, 0.4) is 0 Å². The molecule has 2 aliphatic rings. The Morgan fingerprint density at radius 1 is 1.10 bits per heavy atom. The minimum atomic E-state index is -3.26. The van der Waals surface area contributed by atoms with Crippen LogP contribution in [-0.2, 0) is 14.8 Å². The standard InChI is InChI=1S/C21H43N5O3S.HI/c1-5-9-24-10-7-20(8-11-24)18-23-21(22-6-2)25-12-14-26(15-13-25)30(27,28)17-16-29-19(3)4;/h19-20H,5-18H2,1-4H3,(H,22,23);1H. The molecule has 1 N–H and O–H groups in total. The van der Waals surface area contributed by atoms with Gasteiger partial charge in [-0.3, -0.25) is 4.99 Å². The molecule has 0 aromatic rings. The van der Waals surface area contributed by atoms with Gasteiger partial charge in [0, 0.05) is 39.3 Å². The zero-order valence-corrected chi connectivity index (χ0v) is 23.0. The molecular weight excluding hydrogens is 529 g/mol. The lowest BCUT2D eigenvalue weighted by Gasteiger charge is -2.36. The van der Waals surface area contributed by atoms with Gasteiger partial charge in [-0.2, -0.15) is 4.31 Å². The molecule has 0 saturated carbocycles. The van der Waals surface area contributed by atoms with Crippen molar-refractivity contribution in [3.63, 3.8) is 0 Å². The van der Waals surface area contributed by atoms with Crippen LogP contribution in [0.25, 0.3) is 0 Å². The fourth-order valence-electron chi connectivity index (χ4n) is 4.05. The second kappa shape index (κ2) is 14.9. The molecule has 10 heteroatoms. The number of aliphatic imine (C=N–C) groups is 1. The SMILES string of the molecule is CCCN1CCC(CN=C(NCC)N2CCN(S(=O)(=O)CCOC(C)C)CC2)CC1.I. The molecule has 0 amide bonds. The molecule has 2 saturated heterocycles. The van der Waals surface area contributed by atoms with E-state index in [4.69, 9.17) is 9.73 Å². The first kappa shape index (κ1) is 28.9. The number of likely N-dealkylation sites (tertiary alicyclic amines) is 1. The normalized spacial score (nSPS) is 20.2. The third-order valence-electron chi connectivity index (χ3n) is 5.81. The molecule has 0 radical (unpaired) electrons. The minimum absolute atomic E-state index is 0. The Balaban J connectivity index is 0.00000480. The van der Waals surface area contributed by atoms with Crippen molar-refractivity contribution in [3.8, 4) is 0 Å². The predicted octanol–water partition coefficient (Wildman–Crippen LogP) is 2.06. The lowest BCUT2D eigenvalue weighted by Crippen LogP contribution is -2.54. The Bertz CT molecular complexity index is 617. The molecule has 0 aromatic carbocycles. The summed E-state index contributed by atoms with van der Waals surface area (Å²) in [5, 5.41) is 3.40. The highest BCUT2D eigenvalue weighted by molar-refractivity contribution is 14.0. The summed E-state index contributed by atoms with van der Waals surface area (Å²) in [5.74, 6) is 1.62. The van der Waals surface area contributed by atoms with Crippen molar-refractivity contribution in [2.24, 2.45) is 10.9 Å². The first-order valence-electron chi connectivity index (χ1n) is 11.7. The number of piperidine rings is 1. The van der Waals surface area contributed by atoms with Gasteiger partial charge in [0.1, 0.15) is 0 Å². The predicted molar refractivity (Wildman–Crippen MR) is 139 cm³/mol. The second-order valence-corrected chi connectivity index (χ2v) is 10.7. The maximum atomic E-state index is 12.6. The van der Waals surface area contributed by atoms with Crippen LogP contribution < -0.4 is 5.32 Å². The van der Waals surface area contributed by atoms with Gasteiger partial charge in [-0.15, -0.1) is 24.0 Å². The van der Waals surface area contributed by atoms with Crippen molar-refractivity contribution in [1.82, 2.24) is 19.4 Å². The maximum absolute atomic E-state index is 12.6. The van der Waals surface area contributed by atoms with Crippen LogP contribution in [0.2, 0.25) is 0 Å². The Labute approximate surface area is 207 Å². The van der Waals surface area contributed by atoms with Crippen molar-refractivity contribution in [2.75, 3.05) is 71.3 Å². The van der Waals surface area contributed by atoms with Crippen LogP contribution in [0.4, 0.5) is 0 Å². The molecular formula is C21H44IN5O3S. The van der Waals surface area contributed by atoms with Gasteiger partial charge < -0.3 is 19.9 Å². The summed E-state index contributed by atoms with van der Waals surface area (Å²) in [6.45, 7) is 16.0. The van der Waals surface area contributed by atoms with E-state index in [0.29, 0.717) is 32.1 Å². The third-order valence-corrected chi connectivity index (χ3v) is 7.64. The van der Waals surface area contributed by atoms with Gasteiger partial charge in [-0.1, -0.05) is 6.92 Å². The molecule has 8 nitrogen and oxygen atoms in total. The highest BCUT2D eigenvalue weighted by atomic mass is 127. The van der Waals surface area contributed by atoms with Crippen molar-refractivity contribution >= 4 is 40.0 Å². The van der Waals surface area contributed by atoms with Gasteiger partial charge in [0.05, 0.1) is 18.5 Å². The molecule has 2 aliphatic heterocycles. The Morgan fingerprint density at radius 3 is 2.29 bits per heavy atom. The second-order valence-electron chi connectivity index (χ2n) is 8.60. The zero-order chi connectivity index (χ0) is 22.0. The van der Waals surface area contributed by atoms with Crippen LogP contribution in [0.5, 0.6) is 0 Å². The van der Waals surface area contributed by atoms with E-state index in [1.54, 1.807) is 4.31 Å². The molecule has 2 heterocycles. The topological polar surface area (TPSA) is 77.5 Å². The highest BCUT2D eigenvalue weighted by Crippen LogP contribution is 2.18. The fraction of sp³-hybridized carbons (Fsp3) is 0.952. The number of nitrogens with one attached hydrogen (secondary N) is 1. The summed E-state index contributed by atoms with van der Waals surface area (Å²) < 4.78 is 32.1. The first-order valence-corrected chi connectivity index (χ1v) is 13.3. The molecule has 31 heavy (non-hydrogen) atoms. The van der Waals surface area contributed by atoms with Gasteiger partial charge >= 0.3 is 0 Å². The lowest BCUT2D eigenvalue weighted by molar-refractivity contribution is 0.0904. The maximum Gasteiger partial charge on any atom is 0.216 e. The average Bonchev–Trinajstić information content (AvgIpc) is 2.72.